The van der Waals surface area contributed by atoms with Crippen LogP contribution in [0.1, 0.15) is 45.6 Å². The minimum absolute atomic E-state index is 0.143. The summed E-state index contributed by atoms with van der Waals surface area (Å²) in [6, 6.07) is 8.60. The quantitative estimate of drug-likeness (QED) is 0.363. The molecule has 2 N–H and O–H groups in total. The number of benzene rings is 1. The molecule has 1 aromatic carbocycles. The molecule has 1 fully saturated rings. The third kappa shape index (κ3) is 8.47. The first kappa shape index (κ1) is 26.2. The van der Waals surface area contributed by atoms with Gasteiger partial charge in [0.15, 0.2) is 0 Å². The molecule has 1 aliphatic heterocycles. The molecule has 1 saturated heterocycles. The Morgan fingerprint density at radius 3 is 2.62 bits per heavy atom. The van der Waals surface area contributed by atoms with Crippen molar-refractivity contribution in [1.82, 2.24) is 10.2 Å². The van der Waals surface area contributed by atoms with Crippen LogP contribution >= 0.6 is 11.8 Å². The molecule has 0 bridgehead atoms. The zero-order chi connectivity index (χ0) is 23.5. The van der Waals surface area contributed by atoms with E-state index < -0.39 is 18.1 Å². The summed E-state index contributed by atoms with van der Waals surface area (Å²) in [6.07, 6.45) is 2.88. The van der Waals surface area contributed by atoms with E-state index in [-0.39, 0.29) is 23.7 Å². The number of unbranched alkanes of at least 4 members (excludes halogenated alkanes) is 1. The van der Waals surface area contributed by atoms with E-state index in [0.29, 0.717) is 37.7 Å². The number of aryl methyl sites for hydroxylation is 1. The largest absolute Gasteiger partial charge is 0.480 e. The van der Waals surface area contributed by atoms with Gasteiger partial charge in [-0.05, 0) is 30.7 Å². The number of nitrogens with one attached hydrogen (secondary N) is 1. The molecule has 7 nitrogen and oxygen atoms in total. The topological polar surface area (TPSA) is 95.9 Å². The van der Waals surface area contributed by atoms with Gasteiger partial charge >= 0.3 is 11.9 Å². The lowest BCUT2D eigenvalue weighted by molar-refractivity contribution is -0.148. The number of thioether (sulfide) groups is 1. The van der Waals surface area contributed by atoms with Crippen molar-refractivity contribution in [3.8, 4) is 0 Å². The Morgan fingerprint density at radius 1 is 1.28 bits per heavy atom. The Hall–Kier alpha value is -2.06. The Kier molecular flexibility index (Phi) is 11.0. The number of aliphatic carboxylic acids is 1. The van der Waals surface area contributed by atoms with Crippen LogP contribution in [0, 0.1) is 5.92 Å². The summed E-state index contributed by atoms with van der Waals surface area (Å²) >= 11 is 1.65. The van der Waals surface area contributed by atoms with Crippen molar-refractivity contribution in [3.05, 3.63) is 35.9 Å². The number of amides is 1. The first-order valence-electron chi connectivity index (χ1n) is 11.4. The molecule has 0 spiro atoms. The molecule has 3 atom stereocenters. The first-order valence-corrected chi connectivity index (χ1v) is 12.5. The standard InChI is InChI=1S/C24H36N2O5S/c1-4-5-13-31-24(30)19(12-11-18-9-7-6-8-10-18)25-20-16-32-21(17(2)3)14-26(23(20)29)15-22(27)28/h6-10,17,19-21,25H,4-5,11-16H2,1-3H3,(H,27,28). The van der Waals surface area contributed by atoms with Gasteiger partial charge in [0.2, 0.25) is 5.91 Å². The van der Waals surface area contributed by atoms with Crippen LogP contribution in [-0.2, 0) is 25.5 Å². The van der Waals surface area contributed by atoms with Crippen LogP contribution in [0.4, 0.5) is 0 Å². The third-order valence-corrected chi connectivity index (χ3v) is 7.20. The van der Waals surface area contributed by atoms with Gasteiger partial charge in [0.25, 0.3) is 0 Å². The van der Waals surface area contributed by atoms with E-state index in [1.54, 1.807) is 11.8 Å². The average molecular weight is 465 g/mol. The highest BCUT2D eigenvalue weighted by atomic mass is 32.2. The van der Waals surface area contributed by atoms with Gasteiger partial charge in [-0.15, -0.1) is 0 Å². The number of hydrogen-bond donors (Lipinski definition) is 2. The van der Waals surface area contributed by atoms with Crippen LogP contribution in [0.5, 0.6) is 0 Å². The van der Waals surface area contributed by atoms with Gasteiger partial charge in [-0.2, -0.15) is 11.8 Å². The van der Waals surface area contributed by atoms with Gasteiger partial charge < -0.3 is 14.7 Å². The maximum absolute atomic E-state index is 13.2. The molecule has 1 aromatic rings. The molecule has 0 aromatic heterocycles. The van der Waals surface area contributed by atoms with Gasteiger partial charge in [-0.3, -0.25) is 19.7 Å². The molecule has 32 heavy (non-hydrogen) atoms. The van der Waals surface area contributed by atoms with E-state index in [1.807, 2.05) is 37.3 Å². The van der Waals surface area contributed by atoms with Crippen LogP contribution in [-0.4, -0.2) is 70.6 Å². The molecular weight excluding hydrogens is 428 g/mol. The maximum atomic E-state index is 13.2. The van der Waals surface area contributed by atoms with E-state index in [9.17, 15) is 19.5 Å². The molecule has 1 aliphatic rings. The second-order valence-electron chi connectivity index (χ2n) is 8.55. The number of ether oxygens (including phenoxy) is 1. The molecule has 1 heterocycles. The number of rotatable bonds is 12. The Morgan fingerprint density at radius 2 is 2.00 bits per heavy atom. The Bertz CT molecular complexity index is 743. The fourth-order valence-corrected chi connectivity index (χ4v) is 4.93. The van der Waals surface area contributed by atoms with Crippen LogP contribution in [0.2, 0.25) is 0 Å². The zero-order valence-corrected chi connectivity index (χ0v) is 20.1. The maximum Gasteiger partial charge on any atom is 0.323 e. The van der Waals surface area contributed by atoms with Gasteiger partial charge in [-0.25, -0.2) is 0 Å². The number of carbonyl (C=O) groups excluding carboxylic acids is 2. The van der Waals surface area contributed by atoms with Crippen molar-refractivity contribution in [2.24, 2.45) is 5.92 Å². The number of carboxylic acid groups (broad SMARTS) is 1. The lowest BCUT2D eigenvalue weighted by Gasteiger charge is -2.27. The van der Waals surface area contributed by atoms with Crippen molar-refractivity contribution in [2.45, 2.75) is 63.8 Å². The smallest absolute Gasteiger partial charge is 0.323 e. The average Bonchev–Trinajstić information content (AvgIpc) is 2.91. The molecule has 0 saturated carbocycles. The number of carboxylic acids is 1. The highest BCUT2D eigenvalue weighted by Crippen LogP contribution is 2.26. The summed E-state index contributed by atoms with van der Waals surface area (Å²) in [5, 5.41) is 12.7. The van der Waals surface area contributed by atoms with Crippen molar-refractivity contribution < 1.29 is 24.2 Å². The van der Waals surface area contributed by atoms with E-state index in [1.165, 1.54) is 4.90 Å². The van der Waals surface area contributed by atoms with Crippen molar-refractivity contribution in [3.63, 3.8) is 0 Å². The van der Waals surface area contributed by atoms with Crippen LogP contribution in [0.3, 0.4) is 0 Å². The summed E-state index contributed by atoms with van der Waals surface area (Å²) < 4.78 is 5.46. The lowest BCUT2D eigenvalue weighted by Crippen LogP contribution is -2.54. The van der Waals surface area contributed by atoms with E-state index in [4.69, 9.17) is 4.74 Å². The van der Waals surface area contributed by atoms with Crippen LogP contribution < -0.4 is 5.32 Å². The fourth-order valence-electron chi connectivity index (χ4n) is 3.59. The third-order valence-electron chi connectivity index (χ3n) is 5.55. The second kappa shape index (κ2) is 13.5. The van der Waals surface area contributed by atoms with E-state index in [2.05, 4.69) is 19.2 Å². The minimum atomic E-state index is -1.04. The van der Waals surface area contributed by atoms with Crippen molar-refractivity contribution >= 4 is 29.6 Å². The van der Waals surface area contributed by atoms with Crippen molar-refractivity contribution in [1.29, 1.82) is 0 Å². The van der Waals surface area contributed by atoms with Gasteiger partial charge in [0, 0.05) is 17.5 Å². The number of carbonyl (C=O) groups is 3. The fraction of sp³-hybridized carbons (Fsp3) is 0.625. The number of hydrogen-bond acceptors (Lipinski definition) is 6. The predicted molar refractivity (Wildman–Crippen MR) is 127 cm³/mol. The number of esters is 1. The van der Waals surface area contributed by atoms with Crippen molar-refractivity contribution in [2.75, 3.05) is 25.4 Å². The van der Waals surface area contributed by atoms with Gasteiger partial charge in [0.05, 0.1) is 12.6 Å². The minimum Gasteiger partial charge on any atom is -0.480 e. The molecular formula is C24H36N2O5S. The summed E-state index contributed by atoms with van der Waals surface area (Å²) in [7, 11) is 0. The highest BCUT2D eigenvalue weighted by Gasteiger charge is 2.36. The molecule has 0 aliphatic carbocycles. The van der Waals surface area contributed by atoms with Crippen LogP contribution in [0.15, 0.2) is 30.3 Å². The molecule has 1 amide bonds. The normalized spacial score (nSPS) is 20.1. The highest BCUT2D eigenvalue weighted by molar-refractivity contribution is 8.00. The summed E-state index contributed by atoms with van der Waals surface area (Å²) in [5.74, 6) is -0.875. The molecule has 2 rings (SSSR count). The number of nitrogens with zero attached hydrogens (tertiary/aromatic N) is 1. The lowest BCUT2D eigenvalue weighted by atomic mass is 10.0. The zero-order valence-electron chi connectivity index (χ0n) is 19.3. The summed E-state index contributed by atoms with van der Waals surface area (Å²) in [5.41, 5.74) is 1.11. The molecule has 178 valence electrons. The van der Waals surface area contributed by atoms with Crippen LogP contribution in [0.25, 0.3) is 0 Å². The summed E-state index contributed by atoms with van der Waals surface area (Å²) in [4.78, 5) is 38.8. The Balaban J connectivity index is 2.14. The van der Waals surface area contributed by atoms with Gasteiger partial charge in [0.1, 0.15) is 12.6 Å². The van der Waals surface area contributed by atoms with E-state index in [0.717, 1.165) is 18.4 Å². The SMILES string of the molecule is CCCCOC(=O)C(CCc1ccccc1)NC1CSC(C(C)C)CN(CC(=O)O)C1=O. The molecule has 0 radical (unpaired) electrons. The van der Waals surface area contributed by atoms with Gasteiger partial charge in [-0.1, -0.05) is 57.5 Å². The molecule has 3 unspecified atom stereocenters. The first-order chi connectivity index (χ1) is 15.3. The molecule has 8 heteroatoms. The van der Waals surface area contributed by atoms with E-state index >= 15 is 0 Å². The monoisotopic (exact) mass is 464 g/mol. The predicted octanol–water partition coefficient (Wildman–Crippen LogP) is 2.97. The second-order valence-corrected chi connectivity index (χ2v) is 9.82. The summed E-state index contributed by atoms with van der Waals surface area (Å²) in [6.45, 7) is 6.58. The Labute approximate surface area is 195 Å².